The fraction of sp³-hybridized carbons (Fsp3) is 0.500. The van der Waals surface area contributed by atoms with Crippen LogP contribution in [0.15, 0.2) is 12.1 Å². The van der Waals surface area contributed by atoms with Crippen molar-refractivity contribution in [1.82, 2.24) is 4.90 Å². The number of carbonyl (C=O) groups excluding carboxylic acids is 1. The van der Waals surface area contributed by atoms with Crippen molar-refractivity contribution >= 4 is 29.3 Å². The summed E-state index contributed by atoms with van der Waals surface area (Å²) in [6, 6.07) is 2.89. The van der Waals surface area contributed by atoms with E-state index in [1.807, 2.05) is 0 Å². The van der Waals surface area contributed by atoms with Gasteiger partial charge < -0.3 is 24.8 Å². The molecule has 0 aliphatic carbocycles. The number of halogens is 1. The summed E-state index contributed by atoms with van der Waals surface area (Å²) in [4.78, 5) is 25.0. The maximum absolute atomic E-state index is 12.4. The van der Waals surface area contributed by atoms with E-state index < -0.39 is 11.9 Å². The first-order chi connectivity index (χ1) is 11.5. The lowest BCUT2D eigenvalue weighted by Gasteiger charge is -2.30. The number of fused-ring (bicyclic) bond motifs is 1. The second-order valence-electron chi connectivity index (χ2n) is 5.88. The van der Waals surface area contributed by atoms with Crippen molar-refractivity contribution in [2.75, 3.05) is 31.6 Å². The minimum Gasteiger partial charge on any atom is -0.490 e. The van der Waals surface area contributed by atoms with Crippen molar-refractivity contribution in [2.24, 2.45) is 5.92 Å². The molecule has 2 heterocycles. The van der Waals surface area contributed by atoms with E-state index in [9.17, 15) is 9.59 Å². The molecular weight excluding hydrogens is 336 g/mol. The number of ether oxygens (including phenoxy) is 2. The number of piperidine rings is 1. The Kier molecular flexibility index (Phi) is 4.99. The average Bonchev–Trinajstić information content (AvgIpc) is 2.80. The lowest BCUT2D eigenvalue weighted by Crippen LogP contribution is -2.44. The molecule has 24 heavy (non-hydrogen) atoms. The number of carboxylic acid groups (broad SMARTS) is 1. The molecule has 1 aromatic carbocycles. The number of hydrogen-bond acceptors (Lipinski definition) is 4. The van der Waals surface area contributed by atoms with Gasteiger partial charge in [0.1, 0.15) is 0 Å². The Balaban J connectivity index is 1.72. The van der Waals surface area contributed by atoms with E-state index in [0.29, 0.717) is 54.8 Å². The molecule has 1 atom stereocenters. The molecule has 0 spiro atoms. The molecule has 1 aromatic rings. The third kappa shape index (κ3) is 3.67. The van der Waals surface area contributed by atoms with E-state index >= 15 is 0 Å². The number of urea groups is 1. The molecule has 1 saturated heterocycles. The Morgan fingerprint density at radius 1 is 1.21 bits per heavy atom. The van der Waals surface area contributed by atoms with Gasteiger partial charge >= 0.3 is 12.0 Å². The molecule has 130 valence electrons. The van der Waals surface area contributed by atoms with Gasteiger partial charge in [-0.25, -0.2) is 4.79 Å². The summed E-state index contributed by atoms with van der Waals surface area (Å²) in [7, 11) is 0. The monoisotopic (exact) mass is 354 g/mol. The highest BCUT2D eigenvalue weighted by atomic mass is 35.5. The smallest absolute Gasteiger partial charge is 0.321 e. The number of rotatable bonds is 2. The number of nitrogens with zero attached hydrogens (tertiary/aromatic N) is 1. The number of carboxylic acids is 1. The van der Waals surface area contributed by atoms with Crippen molar-refractivity contribution in [1.29, 1.82) is 0 Å². The molecule has 0 saturated carbocycles. The normalized spacial score (nSPS) is 20.2. The molecule has 2 aliphatic rings. The second kappa shape index (κ2) is 7.17. The minimum absolute atomic E-state index is 0.198. The summed E-state index contributed by atoms with van der Waals surface area (Å²) in [6.45, 7) is 1.81. The van der Waals surface area contributed by atoms with Gasteiger partial charge in [0.2, 0.25) is 0 Å². The van der Waals surface area contributed by atoms with Crippen LogP contribution in [0.4, 0.5) is 10.5 Å². The summed E-state index contributed by atoms with van der Waals surface area (Å²) in [5.74, 6) is -0.307. The molecule has 8 heteroatoms. The van der Waals surface area contributed by atoms with E-state index in [1.54, 1.807) is 12.1 Å². The summed E-state index contributed by atoms with van der Waals surface area (Å²) >= 11 is 6.21. The van der Waals surface area contributed by atoms with Gasteiger partial charge in [0.15, 0.2) is 11.5 Å². The zero-order valence-electron chi connectivity index (χ0n) is 13.1. The van der Waals surface area contributed by atoms with Gasteiger partial charge in [-0.3, -0.25) is 4.79 Å². The van der Waals surface area contributed by atoms with Gasteiger partial charge in [-0.05, 0) is 12.8 Å². The largest absolute Gasteiger partial charge is 0.490 e. The van der Waals surface area contributed by atoms with Gasteiger partial charge in [0, 0.05) is 31.6 Å². The second-order valence-corrected chi connectivity index (χ2v) is 6.29. The predicted octanol–water partition coefficient (Wildman–Crippen LogP) is 2.83. The molecule has 2 amide bonds. The number of nitrogens with one attached hydrogen (secondary N) is 1. The van der Waals surface area contributed by atoms with Crippen LogP contribution in [0.3, 0.4) is 0 Å². The van der Waals surface area contributed by atoms with Crippen molar-refractivity contribution in [3.05, 3.63) is 17.2 Å². The molecule has 0 radical (unpaired) electrons. The number of hydrogen-bond donors (Lipinski definition) is 2. The third-order valence-corrected chi connectivity index (χ3v) is 4.45. The predicted molar refractivity (Wildman–Crippen MR) is 88.0 cm³/mol. The highest BCUT2D eigenvalue weighted by molar-refractivity contribution is 6.34. The van der Waals surface area contributed by atoms with Gasteiger partial charge in [-0.1, -0.05) is 11.6 Å². The molecule has 2 N–H and O–H groups in total. The Morgan fingerprint density at radius 3 is 2.62 bits per heavy atom. The number of benzene rings is 1. The number of amides is 2. The Morgan fingerprint density at radius 2 is 1.92 bits per heavy atom. The van der Waals surface area contributed by atoms with E-state index in [0.717, 1.165) is 6.42 Å². The maximum atomic E-state index is 12.4. The van der Waals surface area contributed by atoms with Gasteiger partial charge in [0.05, 0.1) is 29.8 Å². The van der Waals surface area contributed by atoms with Crippen molar-refractivity contribution < 1.29 is 24.2 Å². The van der Waals surface area contributed by atoms with Crippen LogP contribution < -0.4 is 14.8 Å². The number of likely N-dealkylation sites (tertiary alicyclic amines) is 1. The highest BCUT2D eigenvalue weighted by Gasteiger charge is 2.28. The van der Waals surface area contributed by atoms with Crippen LogP contribution in [-0.4, -0.2) is 48.3 Å². The zero-order valence-corrected chi connectivity index (χ0v) is 13.8. The summed E-state index contributed by atoms with van der Waals surface area (Å²) < 4.78 is 11.1. The first-order valence-corrected chi connectivity index (χ1v) is 8.30. The van der Waals surface area contributed by atoms with Crippen molar-refractivity contribution in [3.63, 3.8) is 0 Å². The van der Waals surface area contributed by atoms with E-state index in [2.05, 4.69) is 5.32 Å². The molecule has 0 aromatic heterocycles. The molecule has 3 rings (SSSR count). The van der Waals surface area contributed by atoms with Crippen molar-refractivity contribution in [3.8, 4) is 11.5 Å². The number of anilines is 1. The third-order valence-electron chi connectivity index (χ3n) is 4.14. The van der Waals surface area contributed by atoms with Crippen LogP contribution in [0.1, 0.15) is 19.3 Å². The van der Waals surface area contributed by atoms with E-state index in [-0.39, 0.29) is 12.6 Å². The van der Waals surface area contributed by atoms with E-state index in [4.69, 9.17) is 26.2 Å². The molecule has 1 fully saturated rings. The molecule has 2 aliphatic heterocycles. The van der Waals surface area contributed by atoms with Gasteiger partial charge in [-0.15, -0.1) is 0 Å². The fourth-order valence-corrected chi connectivity index (χ4v) is 3.04. The molecule has 1 unspecified atom stereocenters. The van der Waals surface area contributed by atoms with Crippen LogP contribution in [0.2, 0.25) is 5.02 Å². The minimum atomic E-state index is -0.874. The SMILES string of the molecule is O=C(O)C1CCCN(C(=O)Nc2cc3c(cc2Cl)OCCCO3)C1. The van der Waals surface area contributed by atoms with Gasteiger partial charge in [0.25, 0.3) is 0 Å². The van der Waals surface area contributed by atoms with Crippen LogP contribution >= 0.6 is 11.6 Å². The van der Waals surface area contributed by atoms with E-state index in [1.165, 1.54) is 4.90 Å². The van der Waals surface area contributed by atoms with Crippen LogP contribution in [-0.2, 0) is 4.79 Å². The fourth-order valence-electron chi connectivity index (χ4n) is 2.84. The lowest BCUT2D eigenvalue weighted by molar-refractivity contribution is -0.143. The zero-order chi connectivity index (χ0) is 17.1. The molecule has 7 nitrogen and oxygen atoms in total. The quantitative estimate of drug-likeness (QED) is 0.852. The molecular formula is C16H19ClN2O5. The summed E-state index contributed by atoms with van der Waals surface area (Å²) in [6.07, 6.45) is 2.03. The topological polar surface area (TPSA) is 88.1 Å². The summed E-state index contributed by atoms with van der Waals surface area (Å²) in [5, 5.41) is 12.2. The van der Waals surface area contributed by atoms with Crippen LogP contribution in [0, 0.1) is 5.92 Å². The summed E-state index contributed by atoms with van der Waals surface area (Å²) in [5.41, 5.74) is 0.420. The van der Waals surface area contributed by atoms with Crippen molar-refractivity contribution in [2.45, 2.75) is 19.3 Å². The number of carbonyl (C=O) groups is 2. The average molecular weight is 355 g/mol. The Labute approximate surface area is 144 Å². The maximum Gasteiger partial charge on any atom is 0.321 e. The Bertz CT molecular complexity index is 652. The highest BCUT2D eigenvalue weighted by Crippen LogP contribution is 2.37. The standard InChI is InChI=1S/C16H19ClN2O5/c17-11-7-13-14(24-6-2-5-23-13)8-12(11)18-16(22)19-4-1-3-10(9-19)15(20)21/h7-8,10H,1-6,9H2,(H,18,22)(H,20,21). The lowest BCUT2D eigenvalue weighted by atomic mass is 9.99. The number of aliphatic carboxylic acids is 1. The molecule has 0 bridgehead atoms. The first-order valence-electron chi connectivity index (χ1n) is 7.92. The first kappa shape index (κ1) is 16.7. The Hall–Kier alpha value is -2.15. The van der Waals surface area contributed by atoms with Crippen LogP contribution in [0.5, 0.6) is 11.5 Å². The van der Waals surface area contributed by atoms with Crippen LogP contribution in [0.25, 0.3) is 0 Å². The van der Waals surface area contributed by atoms with Gasteiger partial charge in [-0.2, -0.15) is 0 Å².